The molecule has 1 aromatic carbocycles. The number of piperidine rings is 1. The van der Waals surface area contributed by atoms with Gasteiger partial charge in [-0.15, -0.1) is 0 Å². The number of nitrogens with zero attached hydrogens (tertiary/aromatic N) is 1. The molecule has 2 aliphatic rings. The van der Waals surface area contributed by atoms with Crippen LogP contribution >= 0.6 is 0 Å². The number of ether oxygens (including phenoxy) is 1. The number of hydrogen-bond donors (Lipinski definition) is 1. The zero-order valence-corrected chi connectivity index (χ0v) is 13.2. The number of hydrogen-bond acceptors (Lipinski definition) is 4. The molecule has 5 nitrogen and oxygen atoms in total. The van der Waals surface area contributed by atoms with E-state index in [2.05, 4.69) is 0 Å². The van der Waals surface area contributed by atoms with Crippen molar-refractivity contribution < 1.29 is 19.4 Å². The highest BCUT2D eigenvalue weighted by molar-refractivity contribution is 5.98. The summed E-state index contributed by atoms with van der Waals surface area (Å²) in [5.74, 6) is 0.889. The van der Waals surface area contributed by atoms with E-state index >= 15 is 0 Å². The molecule has 3 rings (SSSR count). The fourth-order valence-electron chi connectivity index (χ4n) is 2.99. The van der Waals surface area contributed by atoms with Gasteiger partial charge in [-0.05, 0) is 69.0 Å². The third-order valence-electron chi connectivity index (χ3n) is 4.64. The van der Waals surface area contributed by atoms with Crippen LogP contribution in [0.25, 0.3) is 0 Å². The first-order chi connectivity index (χ1) is 11.1. The minimum Gasteiger partial charge on any atom is -0.493 e. The number of carboxylic acids is 1. The number of carbonyl (C=O) groups is 2. The number of carbonyl (C=O) groups excluding carboxylic acids is 1. The molecule has 1 N–H and O–H groups in total. The van der Waals surface area contributed by atoms with Gasteiger partial charge in [0.2, 0.25) is 0 Å². The number of likely N-dealkylation sites (tertiary alicyclic amines) is 1. The molecule has 1 saturated heterocycles. The van der Waals surface area contributed by atoms with Crippen LogP contribution in [0.15, 0.2) is 24.3 Å². The maximum atomic E-state index is 12.5. The molecular formula is C18H23NO4. The van der Waals surface area contributed by atoms with Crippen LogP contribution in [-0.4, -0.2) is 48.0 Å². The van der Waals surface area contributed by atoms with E-state index in [-0.39, 0.29) is 18.2 Å². The molecule has 0 bridgehead atoms. The highest BCUT2D eigenvalue weighted by Crippen LogP contribution is 2.29. The van der Waals surface area contributed by atoms with Gasteiger partial charge in [-0.3, -0.25) is 14.5 Å². The van der Waals surface area contributed by atoms with Crippen LogP contribution in [0, 0.1) is 11.8 Å². The Balaban J connectivity index is 1.50. The summed E-state index contributed by atoms with van der Waals surface area (Å²) in [6.07, 6.45) is 3.98. The lowest BCUT2D eigenvalue weighted by Crippen LogP contribution is -2.39. The van der Waals surface area contributed by atoms with Crippen LogP contribution in [0.3, 0.4) is 0 Å². The highest BCUT2D eigenvalue weighted by Gasteiger charge is 2.26. The predicted molar refractivity (Wildman–Crippen MR) is 85.8 cm³/mol. The fraction of sp³-hybridized carbons (Fsp3) is 0.556. The van der Waals surface area contributed by atoms with Gasteiger partial charge >= 0.3 is 5.97 Å². The van der Waals surface area contributed by atoms with Gasteiger partial charge in [0, 0.05) is 11.5 Å². The maximum Gasteiger partial charge on any atom is 0.317 e. The maximum absolute atomic E-state index is 12.5. The quantitative estimate of drug-likeness (QED) is 0.783. The third kappa shape index (κ3) is 4.55. The number of benzene rings is 1. The van der Waals surface area contributed by atoms with Crippen molar-refractivity contribution in [2.75, 3.05) is 26.2 Å². The second-order valence-corrected chi connectivity index (χ2v) is 6.59. The monoisotopic (exact) mass is 317 g/mol. The van der Waals surface area contributed by atoms with Crippen LogP contribution in [0.4, 0.5) is 0 Å². The molecule has 0 amide bonds. The van der Waals surface area contributed by atoms with E-state index in [4.69, 9.17) is 9.84 Å². The summed E-state index contributed by atoms with van der Waals surface area (Å²) in [6.45, 7) is 2.18. The summed E-state index contributed by atoms with van der Waals surface area (Å²) in [5, 5.41) is 8.81. The van der Waals surface area contributed by atoms with Gasteiger partial charge in [-0.2, -0.15) is 0 Å². The van der Waals surface area contributed by atoms with Gasteiger partial charge in [0.05, 0.1) is 13.2 Å². The lowest BCUT2D eigenvalue weighted by Gasteiger charge is -2.29. The number of ketones is 1. The zero-order chi connectivity index (χ0) is 16.2. The van der Waals surface area contributed by atoms with Crippen molar-refractivity contribution in [1.29, 1.82) is 0 Å². The summed E-state index contributed by atoms with van der Waals surface area (Å²) >= 11 is 0. The summed E-state index contributed by atoms with van der Waals surface area (Å²) in [7, 11) is 0. The van der Waals surface area contributed by atoms with E-state index in [0.717, 1.165) is 30.8 Å². The van der Waals surface area contributed by atoms with Crippen LogP contribution in [-0.2, 0) is 4.79 Å². The molecule has 2 fully saturated rings. The first kappa shape index (κ1) is 16.0. The van der Waals surface area contributed by atoms with E-state index in [1.807, 2.05) is 29.2 Å². The first-order valence-electron chi connectivity index (χ1n) is 8.33. The third-order valence-corrected chi connectivity index (χ3v) is 4.64. The molecule has 23 heavy (non-hydrogen) atoms. The predicted octanol–water partition coefficient (Wildman–Crippen LogP) is 2.45. The van der Waals surface area contributed by atoms with Crippen molar-refractivity contribution in [2.45, 2.75) is 25.7 Å². The molecule has 1 aliphatic carbocycles. The molecule has 0 atom stereocenters. The van der Waals surface area contributed by atoms with E-state index in [1.54, 1.807) is 0 Å². The minimum atomic E-state index is -0.809. The SMILES string of the molecule is O=C(O)CN1CCC(C(=O)c2ccc(OCC3CC3)cc2)CC1. The van der Waals surface area contributed by atoms with Crippen LogP contribution < -0.4 is 4.74 Å². The molecule has 0 aromatic heterocycles. The van der Waals surface area contributed by atoms with Crippen molar-refractivity contribution in [3.05, 3.63) is 29.8 Å². The Morgan fingerprint density at radius 1 is 1.09 bits per heavy atom. The number of rotatable bonds is 7. The van der Waals surface area contributed by atoms with Gasteiger partial charge in [0.1, 0.15) is 5.75 Å². The standard InChI is InChI=1S/C18H23NO4/c20-17(21)11-19-9-7-15(8-10-19)18(22)14-3-5-16(6-4-14)23-12-13-1-2-13/h3-6,13,15H,1-2,7-12H2,(H,20,21). The van der Waals surface area contributed by atoms with Crippen molar-refractivity contribution in [1.82, 2.24) is 4.90 Å². The highest BCUT2D eigenvalue weighted by atomic mass is 16.5. The lowest BCUT2D eigenvalue weighted by molar-refractivity contribution is -0.138. The zero-order valence-electron chi connectivity index (χ0n) is 13.2. The Kier molecular flexibility index (Phi) is 4.96. The Morgan fingerprint density at radius 3 is 2.30 bits per heavy atom. The Labute approximate surface area is 136 Å². The van der Waals surface area contributed by atoms with E-state index < -0.39 is 5.97 Å². The minimum absolute atomic E-state index is 0.00160. The van der Waals surface area contributed by atoms with Crippen LogP contribution in [0.5, 0.6) is 5.75 Å². The molecule has 1 aromatic rings. The van der Waals surface area contributed by atoms with Crippen molar-refractivity contribution in [2.24, 2.45) is 11.8 Å². The van der Waals surface area contributed by atoms with Gasteiger partial charge in [0.15, 0.2) is 5.78 Å². The molecule has 0 spiro atoms. The average molecular weight is 317 g/mol. The fourth-order valence-corrected chi connectivity index (χ4v) is 2.99. The molecule has 0 radical (unpaired) electrons. The Morgan fingerprint density at radius 2 is 1.74 bits per heavy atom. The van der Waals surface area contributed by atoms with Gasteiger partial charge < -0.3 is 9.84 Å². The van der Waals surface area contributed by atoms with E-state index in [9.17, 15) is 9.59 Å². The Hall–Kier alpha value is -1.88. The number of carboxylic acid groups (broad SMARTS) is 1. The second kappa shape index (κ2) is 7.13. The van der Waals surface area contributed by atoms with Gasteiger partial charge in [0.25, 0.3) is 0 Å². The topological polar surface area (TPSA) is 66.8 Å². The van der Waals surface area contributed by atoms with E-state index in [1.165, 1.54) is 12.8 Å². The molecule has 0 unspecified atom stereocenters. The van der Waals surface area contributed by atoms with Gasteiger partial charge in [-0.25, -0.2) is 0 Å². The van der Waals surface area contributed by atoms with Gasteiger partial charge in [-0.1, -0.05) is 0 Å². The molecule has 124 valence electrons. The van der Waals surface area contributed by atoms with Crippen molar-refractivity contribution in [3.63, 3.8) is 0 Å². The summed E-state index contributed by atoms with van der Waals surface area (Å²) in [6, 6.07) is 7.42. The van der Waals surface area contributed by atoms with Crippen LogP contribution in [0.1, 0.15) is 36.0 Å². The van der Waals surface area contributed by atoms with Crippen LogP contribution in [0.2, 0.25) is 0 Å². The number of aliphatic carboxylic acids is 1. The molecule has 1 aliphatic heterocycles. The summed E-state index contributed by atoms with van der Waals surface area (Å²) in [5.41, 5.74) is 0.723. The normalized spacial score (nSPS) is 19.5. The molecule has 1 saturated carbocycles. The van der Waals surface area contributed by atoms with Crippen molar-refractivity contribution >= 4 is 11.8 Å². The average Bonchev–Trinajstić information content (AvgIpc) is 3.37. The Bertz CT molecular complexity index is 557. The largest absolute Gasteiger partial charge is 0.493 e. The number of Topliss-reactive ketones (excluding diaryl/α,β-unsaturated/α-hetero) is 1. The molecule has 5 heteroatoms. The molecule has 1 heterocycles. The smallest absolute Gasteiger partial charge is 0.317 e. The lowest BCUT2D eigenvalue weighted by atomic mass is 9.89. The van der Waals surface area contributed by atoms with Crippen molar-refractivity contribution in [3.8, 4) is 5.75 Å². The first-order valence-corrected chi connectivity index (χ1v) is 8.33. The van der Waals surface area contributed by atoms with E-state index in [0.29, 0.717) is 19.0 Å². The molecular weight excluding hydrogens is 294 g/mol. The summed E-state index contributed by atoms with van der Waals surface area (Å²) in [4.78, 5) is 25.1. The summed E-state index contributed by atoms with van der Waals surface area (Å²) < 4.78 is 5.69. The second-order valence-electron chi connectivity index (χ2n) is 6.59.